The third-order valence-electron chi connectivity index (χ3n) is 8.71. The number of aromatic nitrogens is 3. The van der Waals surface area contributed by atoms with Crippen molar-refractivity contribution in [3.8, 4) is 11.1 Å². The molecule has 8 nitrogen and oxygen atoms in total. The molecule has 1 aliphatic rings. The zero-order valence-corrected chi connectivity index (χ0v) is 27.8. The van der Waals surface area contributed by atoms with Crippen molar-refractivity contribution in [3.05, 3.63) is 156 Å². The summed E-state index contributed by atoms with van der Waals surface area (Å²) in [4.78, 5) is 26.2. The van der Waals surface area contributed by atoms with Gasteiger partial charge in [0, 0.05) is 30.0 Å². The van der Waals surface area contributed by atoms with E-state index >= 15 is 0 Å². The number of aliphatic hydroxyl groups is 1. The van der Waals surface area contributed by atoms with Gasteiger partial charge in [-0.2, -0.15) is 0 Å². The first-order valence-corrected chi connectivity index (χ1v) is 17.3. The SMILES string of the molecule is CC1C(CSc2ccccn2)OC(c2cccc(-c3cccc(CNC(=O)c4cnc5ccccc5n4)c3)c2)OC1c1ccc(CO)cc1. The number of rotatable bonds is 10. The van der Waals surface area contributed by atoms with E-state index in [2.05, 4.69) is 51.5 Å². The van der Waals surface area contributed by atoms with Gasteiger partial charge < -0.3 is 19.9 Å². The number of carbonyl (C=O) groups is 1. The third kappa shape index (κ3) is 7.71. The van der Waals surface area contributed by atoms with Crippen molar-refractivity contribution in [1.82, 2.24) is 20.3 Å². The number of pyridine rings is 1. The maximum Gasteiger partial charge on any atom is 0.271 e. The molecule has 4 aromatic carbocycles. The van der Waals surface area contributed by atoms with E-state index in [0.717, 1.165) is 49.7 Å². The van der Waals surface area contributed by atoms with Crippen molar-refractivity contribution in [1.29, 1.82) is 0 Å². The summed E-state index contributed by atoms with van der Waals surface area (Å²) in [6, 6.07) is 37.7. The summed E-state index contributed by atoms with van der Waals surface area (Å²) in [6.07, 6.45) is 2.42. The Bertz CT molecular complexity index is 2040. The Labute approximate surface area is 289 Å². The first-order chi connectivity index (χ1) is 24.0. The Morgan fingerprint density at radius 3 is 2.37 bits per heavy atom. The Morgan fingerprint density at radius 1 is 0.796 bits per heavy atom. The van der Waals surface area contributed by atoms with Gasteiger partial charge in [0.15, 0.2) is 6.29 Å². The molecule has 0 bridgehead atoms. The number of nitrogens with zero attached hydrogens (tertiary/aromatic N) is 3. The lowest BCUT2D eigenvalue weighted by atomic mass is 9.91. The van der Waals surface area contributed by atoms with E-state index in [-0.39, 0.29) is 36.3 Å². The molecule has 0 radical (unpaired) electrons. The summed E-state index contributed by atoms with van der Waals surface area (Å²) in [5.41, 5.74) is 7.53. The second-order valence-electron chi connectivity index (χ2n) is 12.1. The van der Waals surface area contributed by atoms with Crippen LogP contribution in [0.25, 0.3) is 22.2 Å². The fourth-order valence-corrected chi connectivity index (χ4v) is 7.00. The second-order valence-corrected chi connectivity index (χ2v) is 13.1. The fraction of sp³-hybridized carbons (Fsp3) is 0.200. The van der Waals surface area contributed by atoms with E-state index in [1.165, 1.54) is 6.20 Å². The van der Waals surface area contributed by atoms with Gasteiger partial charge in [0.2, 0.25) is 0 Å². The fourth-order valence-electron chi connectivity index (χ4n) is 5.98. The van der Waals surface area contributed by atoms with Gasteiger partial charge in [0.25, 0.3) is 5.91 Å². The highest BCUT2D eigenvalue weighted by atomic mass is 32.2. The van der Waals surface area contributed by atoms with Gasteiger partial charge in [0.05, 0.1) is 41.1 Å². The number of nitrogens with one attached hydrogen (secondary N) is 1. The number of hydrogen-bond donors (Lipinski definition) is 2. The van der Waals surface area contributed by atoms with E-state index in [0.29, 0.717) is 12.1 Å². The summed E-state index contributed by atoms with van der Waals surface area (Å²) < 4.78 is 13.4. The Kier molecular flexibility index (Phi) is 10.0. The molecule has 3 heterocycles. The van der Waals surface area contributed by atoms with Crippen LogP contribution in [0.4, 0.5) is 0 Å². The number of para-hydroxylation sites is 2. The number of thioether (sulfide) groups is 1. The minimum Gasteiger partial charge on any atom is -0.392 e. The summed E-state index contributed by atoms with van der Waals surface area (Å²) in [5, 5.41) is 13.5. The molecule has 0 saturated carbocycles. The Hall–Kier alpha value is -4.93. The number of hydrogen-bond acceptors (Lipinski definition) is 8. The molecular formula is C40H36N4O4S. The minimum absolute atomic E-state index is 0.00403. The van der Waals surface area contributed by atoms with E-state index in [4.69, 9.17) is 9.47 Å². The lowest BCUT2D eigenvalue weighted by Crippen LogP contribution is -2.38. The number of amides is 1. The van der Waals surface area contributed by atoms with Gasteiger partial charge in [-0.05, 0) is 64.2 Å². The van der Waals surface area contributed by atoms with E-state index in [9.17, 15) is 9.90 Å². The van der Waals surface area contributed by atoms with Crippen molar-refractivity contribution in [2.45, 2.75) is 43.6 Å². The average Bonchev–Trinajstić information content (AvgIpc) is 3.17. The van der Waals surface area contributed by atoms with Crippen molar-refractivity contribution in [2.75, 3.05) is 5.75 Å². The monoisotopic (exact) mass is 668 g/mol. The van der Waals surface area contributed by atoms with Crippen LogP contribution < -0.4 is 5.32 Å². The first-order valence-electron chi connectivity index (χ1n) is 16.3. The van der Waals surface area contributed by atoms with Crippen LogP contribution in [0.1, 0.15) is 52.1 Å². The lowest BCUT2D eigenvalue weighted by molar-refractivity contribution is -0.268. The molecule has 49 heavy (non-hydrogen) atoms. The van der Waals surface area contributed by atoms with Gasteiger partial charge in [-0.25, -0.2) is 9.97 Å². The number of carbonyl (C=O) groups excluding carboxylic acids is 1. The first kappa shape index (κ1) is 32.6. The summed E-state index contributed by atoms with van der Waals surface area (Å²) in [5.74, 6) is 0.521. The average molecular weight is 669 g/mol. The van der Waals surface area contributed by atoms with Crippen LogP contribution in [-0.4, -0.2) is 37.8 Å². The van der Waals surface area contributed by atoms with E-state index in [1.54, 1.807) is 18.0 Å². The van der Waals surface area contributed by atoms with Crippen LogP contribution in [0.2, 0.25) is 0 Å². The lowest BCUT2D eigenvalue weighted by Gasteiger charge is -2.41. The van der Waals surface area contributed by atoms with Gasteiger partial charge in [-0.1, -0.05) is 85.8 Å². The zero-order chi connectivity index (χ0) is 33.6. The molecule has 4 atom stereocenters. The molecule has 4 unspecified atom stereocenters. The molecule has 1 fully saturated rings. The van der Waals surface area contributed by atoms with E-state index < -0.39 is 6.29 Å². The van der Waals surface area contributed by atoms with Gasteiger partial charge in [0.1, 0.15) is 5.69 Å². The maximum absolute atomic E-state index is 12.9. The minimum atomic E-state index is -0.585. The van der Waals surface area contributed by atoms with Crippen LogP contribution in [0.3, 0.4) is 0 Å². The van der Waals surface area contributed by atoms with Crippen molar-refractivity contribution >= 4 is 28.7 Å². The topological polar surface area (TPSA) is 106 Å². The van der Waals surface area contributed by atoms with Gasteiger partial charge >= 0.3 is 0 Å². The quantitative estimate of drug-likeness (QED) is 0.143. The predicted molar refractivity (Wildman–Crippen MR) is 191 cm³/mol. The van der Waals surface area contributed by atoms with Crippen LogP contribution in [0, 0.1) is 5.92 Å². The zero-order valence-electron chi connectivity index (χ0n) is 27.0. The van der Waals surface area contributed by atoms with E-state index in [1.807, 2.05) is 91.0 Å². The van der Waals surface area contributed by atoms with Crippen molar-refractivity contribution in [3.63, 3.8) is 0 Å². The number of ether oxygens (including phenoxy) is 2. The summed E-state index contributed by atoms with van der Waals surface area (Å²) in [7, 11) is 0. The molecule has 9 heteroatoms. The van der Waals surface area contributed by atoms with Crippen LogP contribution in [-0.2, 0) is 22.6 Å². The molecule has 1 saturated heterocycles. The van der Waals surface area contributed by atoms with Crippen LogP contribution >= 0.6 is 11.8 Å². The Morgan fingerprint density at radius 2 is 1.57 bits per heavy atom. The standard InChI is InChI=1S/C40H36N4O4S/c1-26-36(25-49-37-14-4-5-19-41-37)47-40(48-38(26)29-17-15-27(24-45)16-18-29)32-11-7-10-31(21-32)30-9-6-8-28(20-30)22-43-39(46)35-23-42-33-12-2-3-13-34(33)44-35/h2-21,23,26,36,38,40,45H,22,24-25H2,1H3,(H,43,46). The highest BCUT2D eigenvalue weighted by molar-refractivity contribution is 7.99. The highest BCUT2D eigenvalue weighted by Crippen LogP contribution is 2.43. The molecule has 0 aliphatic carbocycles. The van der Waals surface area contributed by atoms with Gasteiger partial charge in [-0.3, -0.25) is 9.78 Å². The smallest absolute Gasteiger partial charge is 0.271 e. The van der Waals surface area contributed by atoms with Crippen molar-refractivity contribution in [2.24, 2.45) is 5.92 Å². The molecule has 1 aliphatic heterocycles. The highest BCUT2D eigenvalue weighted by Gasteiger charge is 2.38. The summed E-state index contributed by atoms with van der Waals surface area (Å²) >= 11 is 1.68. The molecular weight excluding hydrogens is 633 g/mol. The molecule has 1 amide bonds. The third-order valence-corrected chi connectivity index (χ3v) is 9.74. The van der Waals surface area contributed by atoms with Crippen LogP contribution in [0.5, 0.6) is 0 Å². The predicted octanol–water partition coefficient (Wildman–Crippen LogP) is 7.70. The van der Waals surface area contributed by atoms with Gasteiger partial charge in [-0.15, -0.1) is 11.8 Å². The number of benzene rings is 4. The molecule has 246 valence electrons. The second kappa shape index (κ2) is 15.1. The largest absolute Gasteiger partial charge is 0.392 e. The van der Waals surface area contributed by atoms with Crippen LogP contribution in [0.15, 0.2) is 133 Å². The number of aliphatic hydroxyl groups excluding tert-OH is 1. The van der Waals surface area contributed by atoms with Crippen molar-refractivity contribution < 1.29 is 19.4 Å². The molecule has 0 spiro atoms. The molecule has 6 aromatic rings. The summed E-state index contributed by atoms with van der Waals surface area (Å²) in [6.45, 7) is 2.51. The number of fused-ring (bicyclic) bond motifs is 1. The normalized spacial score (nSPS) is 19.1. The molecule has 2 aromatic heterocycles. The maximum atomic E-state index is 12.9. The molecule has 7 rings (SSSR count). The molecule has 2 N–H and O–H groups in total. The Balaban J connectivity index is 1.09.